The molecule has 0 aromatic rings. The monoisotopic (exact) mass is 367 g/mol. The number of halogens is 10. The third kappa shape index (κ3) is 2.86. The average molecular weight is 367 g/mol. The van der Waals surface area contributed by atoms with Crippen molar-refractivity contribution in [2.45, 2.75) is 29.9 Å². The highest BCUT2D eigenvalue weighted by molar-refractivity contribution is 5.11. The molecule has 0 bridgehead atoms. The minimum absolute atomic E-state index is 0.357. The molecule has 0 saturated carbocycles. The van der Waals surface area contributed by atoms with Gasteiger partial charge in [-0.1, -0.05) is 0 Å². The van der Waals surface area contributed by atoms with Crippen LogP contribution in [0.2, 0.25) is 0 Å². The molecular formula is C10H11F10NO2. The van der Waals surface area contributed by atoms with Crippen molar-refractivity contribution in [1.82, 2.24) is 4.90 Å². The molecule has 0 unspecified atom stereocenters. The summed E-state index contributed by atoms with van der Waals surface area (Å²) in [7, 11) is -0.357. The van der Waals surface area contributed by atoms with Crippen LogP contribution in [-0.2, 0) is 9.47 Å². The molecule has 0 spiro atoms. The average Bonchev–Trinajstić information content (AvgIpc) is 2.37. The number of alkyl halides is 10. The fraction of sp³-hybridized carbons (Fsp3) is 1.00. The predicted octanol–water partition coefficient (Wildman–Crippen LogP) is 3.06. The summed E-state index contributed by atoms with van der Waals surface area (Å²) in [4.78, 5) is -0.498. The second kappa shape index (κ2) is 5.92. The number of morpholine rings is 1. The van der Waals surface area contributed by atoms with Gasteiger partial charge in [-0.2, -0.15) is 43.9 Å². The van der Waals surface area contributed by atoms with Crippen molar-refractivity contribution < 1.29 is 53.4 Å². The molecule has 23 heavy (non-hydrogen) atoms. The molecule has 13 heteroatoms. The number of hydrogen-bond donors (Lipinski definition) is 0. The molecule has 1 rings (SSSR count). The first-order chi connectivity index (χ1) is 10.2. The molecule has 0 radical (unpaired) electrons. The highest BCUT2D eigenvalue weighted by atomic mass is 19.4. The molecule has 1 fully saturated rings. The van der Waals surface area contributed by atoms with Gasteiger partial charge >= 0.3 is 29.9 Å². The predicted molar refractivity (Wildman–Crippen MR) is 54.1 cm³/mol. The van der Waals surface area contributed by atoms with Crippen molar-refractivity contribution in [3.63, 3.8) is 0 Å². The van der Waals surface area contributed by atoms with Gasteiger partial charge < -0.3 is 9.47 Å². The second-order valence-corrected chi connectivity index (χ2v) is 4.60. The molecule has 1 aliphatic heterocycles. The molecule has 0 aromatic carbocycles. The van der Waals surface area contributed by atoms with Gasteiger partial charge in [-0.15, -0.1) is 0 Å². The first kappa shape index (κ1) is 20.2. The third-order valence-electron chi connectivity index (χ3n) is 3.33. The summed E-state index contributed by atoms with van der Waals surface area (Å²) in [6.45, 7) is -3.05. The molecule has 0 atom stereocenters. The maximum atomic E-state index is 13.9. The Morgan fingerprint density at radius 2 is 1.17 bits per heavy atom. The Kier molecular flexibility index (Phi) is 5.20. The van der Waals surface area contributed by atoms with E-state index >= 15 is 0 Å². The SMILES string of the molecule is COC(C(F)(F)F)(C(F)(F)F)C(F)(F)C(F)(F)N1CCOCC1. The first-order valence-electron chi connectivity index (χ1n) is 5.94. The summed E-state index contributed by atoms with van der Waals surface area (Å²) in [5, 5.41) is 0. The van der Waals surface area contributed by atoms with Crippen molar-refractivity contribution in [2.24, 2.45) is 0 Å². The lowest BCUT2D eigenvalue weighted by Gasteiger charge is -2.46. The van der Waals surface area contributed by atoms with Crippen LogP contribution in [0, 0.1) is 0 Å². The zero-order valence-electron chi connectivity index (χ0n) is 11.4. The van der Waals surface area contributed by atoms with Gasteiger partial charge in [-0.05, 0) is 0 Å². The molecule has 0 amide bonds. The largest absolute Gasteiger partial charge is 0.433 e. The summed E-state index contributed by atoms with van der Waals surface area (Å²) < 4.78 is 140. The van der Waals surface area contributed by atoms with Crippen LogP contribution in [0.5, 0.6) is 0 Å². The topological polar surface area (TPSA) is 21.7 Å². The minimum atomic E-state index is -6.85. The van der Waals surface area contributed by atoms with Crippen molar-refractivity contribution in [1.29, 1.82) is 0 Å². The quantitative estimate of drug-likeness (QED) is 0.563. The molecule has 1 heterocycles. The summed E-state index contributed by atoms with van der Waals surface area (Å²) in [5.74, 6) is -6.65. The smallest absolute Gasteiger partial charge is 0.379 e. The number of ether oxygens (including phenoxy) is 2. The van der Waals surface area contributed by atoms with Crippen LogP contribution in [0.3, 0.4) is 0 Å². The Labute approximate surface area is 123 Å². The van der Waals surface area contributed by atoms with Crippen molar-refractivity contribution >= 4 is 0 Å². The molecule has 0 aromatic heterocycles. The van der Waals surface area contributed by atoms with E-state index in [1.807, 2.05) is 0 Å². The normalized spacial score (nSPS) is 20.0. The van der Waals surface area contributed by atoms with E-state index in [1.165, 1.54) is 0 Å². The van der Waals surface area contributed by atoms with E-state index in [-0.39, 0.29) is 7.11 Å². The van der Waals surface area contributed by atoms with Crippen LogP contribution in [0.25, 0.3) is 0 Å². The zero-order chi connectivity index (χ0) is 18.3. The molecule has 1 saturated heterocycles. The molecule has 0 aliphatic carbocycles. The third-order valence-corrected chi connectivity index (χ3v) is 3.33. The van der Waals surface area contributed by atoms with Gasteiger partial charge in [0, 0.05) is 20.2 Å². The molecule has 0 N–H and O–H groups in total. The maximum Gasteiger partial charge on any atom is 0.433 e. The van der Waals surface area contributed by atoms with E-state index in [0.717, 1.165) is 0 Å². The van der Waals surface area contributed by atoms with Gasteiger partial charge in [0.05, 0.1) is 13.2 Å². The highest BCUT2D eigenvalue weighted by Gasteiger charge is 2.90. The van der Waals surface area contributed by atoms with E-state index in [9.17, 15) is 43.9 Å². The first-order valence-corrected chi connectivity index (χ1v) is 5.94. The van der Waals surface area contributed by atoms with E-state index < -0.39 is 61.1 Å². The number of nitrogens with zero attached hydrogens (tertiary/aromatic N) is 1. The van der Waals surface area contributed by atoms with Crippen molar-refractivity contribution in [3.8, 4) is 0 Å². The maximum absolute atomic E-state index is 13.9. The van der Waals surface area contributed by atoms with Gasteiger partial charge in [-0.25, -0.2) is 4.90 Å². The Balaban J connectivity index is 3.49. The van der Waals surface area contributed by atoms with Gasteiger partial charge in [0.2, 0.25) is 0 Å². The summed E-state index contributed by atoms with van der Waals surface area (Å²) in [6, 6.07) is -5.78. The standard InChI is InChI=1S/C10H11F10NO2/c1-22-6(8(13,14)15,9(16,17)18)7(11,12)10(19,20)21-2-4-23-5-3-21/h2-5H2,1H3. The van der Waals surface area contributed by atoms with Crippen LogP contribution < -0.4 is 0 Å². The molecular weight excluding hydrogens is 356 g/mol. The van der Waals surface area contributed by atoms with Crippen LogP contribution in [0.4, 0.5) is 43.9 Å². The van der Waals surface area contributed by atoms with E-state index in [1.54, 1.807) is 0 Å². The lowest BCUT2D eigenvalue weighted by Crippen LogP contribution is -2.76. The zero-order valence-corrected chi connectivity index (χ0v) is 11.4. The Hall–Kier alpha value is -0.820. The number of methoxy groups -OCH3 is 1. The van der Waals surface area contributed by atoms with E-state index in [2.05, 4.69) is 9.47 Å². The Morgan fingerprint density at radius 1 is 0.783 bits per heavy atom. The second-order valence-electron chi connectivity index (χ2n) is 4.60. The summed E-state index contributed by atoms with van der Waals surface area (Å²) in [5.41, 5.74) is -6.37. The van der Waals surface area contributed by atoms with Gasteiger partial charge in [0.1, 0.15) is 0 Å². The van der Waals surface area contributed by atoms with Crippen molar-refractivity contribution in [3.05, 3.63) is 0 Å². The molecule has 1 aliphatic rings. The lowest BCUT2D eigenvalue weighted by molar-refractivity contribution is -0.468. The van der Waals surface area contributed by atoms with E-state index in [4.69, 9.17) is 0 Å². The van der Waals surface area contributed by atoms with Crippen LogP contribution >= 0.6 is 0 Å². The number of rotatable bonds is 4. The van der Waals surface area contributed by atoms with Gasteiger partial charge in [-0.3, -0.25) is 0 Å². The summed E-state index contributed by atoms with van der Waals surface area (Å²) >= 11 is 0. The fourth-order valence-corrected chi connectivity index (χ4v) is 2.13. The van der Waals surface area contributed by atoms with Crippen molar-refractivity contribution in [2.75, 3.05) is 33.4 Å². The molecule has 3 nitrogen and oxygen atoms in total. The van der Waals surface area contributed by atoms with Crippen LogP contribution in [-0.4, -0.2) is 68.2 Å². The Bertz CT molecular complexity index is 399. The number of hydrogen-bond acceptors (Lipinski definition) is 3. The van der Waals surface area contributed by atoms with E-state index in [0.29, 0.717) is 0 Å². The molecule has 138 valence electrons. The Morgan fingerprint density at radius 3 is 1.48 bits per heavy atom. The lowest BCUT2D eigenvalue weighted by atomic mass is 9.90. The van der Waals surface area contributed by atoms with Crippen LogP contribution in [0.1, 0.15) is 0 Å². The van der Waals surface area contributed by atoms with Crippen LogP contribution in [0.15, 0.2) is 0 Å². The minimum Gasteiger partial charge on any atom is -0.379 e. The van der Waals surface area contributed by atoms with Gasteiger partial charge in [0.15, 0.2) is 0 Å². The van der Waals surface area contributed by atoms with Gasteiger partial charge in [0.25, 0.3) is 0 Å². The fourth-order valence-electron chi connectivity index (χ4n) is 2.13. The highest BCUT2D eigenvalue weighted by Crippen LogP contribution is 2.59. The summed E-state index contributed by atoms with van der Waals surface area (Å²) in [6.07, 6.45) is -13.7.